The second kappa shape index (κ2) is 8.10. The van der Waals surface area contributed by atoms with Crippen LogP contribution in [0.4, 0.5) is 5.13 Å². The summed E-state index contributed by atoms with van der Waals surface area (Å²) >= 11 is 1.27. The molecule has 7 nitrogen and oxygen atoms in total. The summed E-state index contributed by atoms with van der Waals surface area (Å²) in [5.74, 6) is 0.555. The molecule has 2 heterocycles. The minimum Gasteiger partial charge on any atom is -0.497 e. The first-order valence-corrected chi connectivity index (χ1v) is 11.5. The molecule has 29 heavy (non-hydrogen) atoms. The van der Waals surface area contributed by atoms with Gasteiger partial charge in [-0.15, -0.1) is 0 Å². The second-order valence-corrected chi connectivity index (χ2v) is 9.80. The summed E-state index contributed by atoms with van der Waals surface area (Å²) in [6, 6.07) is 12.2. The van der Waals surface area contributed by atoms with Crippen molar-refractivity contribution in [1.82, 2.24) is 9.29 Å². The molecule has 0 radical (unpaired) electrons. The molecule has 2 aromatic carbocycles. The van der Waals surface area contributed by atoms with E-state index in [0.717, 1.165) is 28.9 Å². The number of carbonyl (C=O) groups is 1. The number of rotatable bonds is 6. The van der Waals surface area contributed by atoms with E-state index >= 15 is 0 Å². The summed E-state index contributed by atoms with van der Waals surface area (Å²) in [5, 5.41) is 3.25. The topological polar surface area (TPSA) is 88.6 Å². The van der Waals surface area contributed by atoms with Gasteiger partial charge in [-0.1, -0.05) is 23.5 Å². The number of hydrogen-bond donors (Lipinski definition) is 1. The van der Waals surface area contributed by atoms with Crippen LogP contribution < -0.4 is 10.1 Å². The van der Waals surface area contributed by atoms with Crippen LogP contribution >= 0.6 is 11.3 Å². The van der Waals surface area contributed by atoms with Gasteiger partial charge in [0.15, 0.2) is 5.13 Å². The van der Waals surface area contributed by atoms with Gasteiger partial charge in [0.25, 0.3) is 0 Å². The summed E-state index contributed by atoms with van der Waals surface area (Å²) < 4.78 is 32.8. The van der Waals surface area contributed by atoms with Gasteiger partial charge in [-0.05, 0) is 48.7 Å². The molecule has 1 N–H and O–H groups in total. The van der Waals surface area contributed by atoms with E-state index < -0.39 is 10.0 Å². The molecule has 1 fully saturated rings. The maximum absolute atomic E-state index is 12.7. The molecule has 1 saturated heterocycles. The zero-order valence-corrected chi connectivity index (χ0v) is 17.6. The first-order valence-electron chi connectivity index (χ1n) is 9.29. The Labute approximate surface area is 173 Å². The fourth-order valence-corrected chi connectivity index (χ4v) is 5.83. The van der Waals surface area contributed by atoms with Crippen LogP contribution in [0.25, 0.3) is 10.2 Å². The molecule has 4 rings (SSSR count). The Kier molecular flexibility index (Phi) is 5.53. The van der Waals surface area contributed by atoms with Crippen LogP contribution in [0.15, 0.2) is 47.4 Å². The van der Waals surface area contributed by atoms with E-state index in [1.54, 1.807) is 25.3 Å². The number of aromatic nitrogens is 1. The van der Waals surface area contributed by atoms with Gasteiger partial charge in [0, 0.05) is 13.1 Å². The van der Waals surface area contributed by atoms with Crippen LogP contribution in [0.2, 0.25) is 0 Å². The zero-order chi connectivity index (χ0) is 20.4. The van der Waals surface area contributed by atoms with Crippen molar-refractivity contribution < 1.29 is 17.9 Å². The summed E-state index contributed by atoms with van der Waals surface area (Å²) in [7, 11) is -1.88. The third kappa shape index (κ3) is 4.26. The molecule has 1 aliphatic heterocycles. The molecule has 0 bridgehead atoms. The van der Waals surface area contributed by atoms with Crippen molar-refractivity contribution in [2.24, 2.45) is 0 Å². The van der Waals surface area contributed by atoms with Crippen molar-refractivity contribution in [3.05, 3.63) is 48.0 Å². The average Bonchev–Trinajstić information content (AvgIpc) is 3.37. The first-order chi connectivity index (χ1) is 14.0. The molecular formula is C20H21N3O4S2. The number of fused-ring (bicyclic) bond motifs is 1. The van der Waals surface area contributed by atoms with Crippen LogP contribution in [-0.4, -0.2) is 43.8 Å². The number of anilines is 1. The Morgan fingerprint density at radius 3 is 2.59 bits per heavy atom. The van der Waals surface area contributed by atoms with E-state index in [1.807, 2.05) is 24.3 Å². The molecule has 1 aromatic heterocycles. The van der Waals surface area contributed by atoms with E-state index in [4.69, 9.17) is 4.74 Å². The molecule has 0 aliphatic carbocycles. The van der Waals surface area contributed by atoms with Crippen molar-refractivity contribution in [2.45, 2.75) is 24.2 Å². The molecule has 9 heteroatoms. The molecule has 0 unspecified atom stereocenters. The molecule has 1 amide bonds. The monoisotopic (exact) mass is 431 g/mol. The van der Waals surface area contributed by atoms with Crippen LogP contribution in [0.5, 0.6) is 5.75 Å². The Morgan fingerprint density at radius 2 is 1.90 bits per heavy atom. The highest BCUT2D eigenvalue weighted by Crippen LogP contribution is 2.30. The fourth-order valence-electron chi connectivity index (χ4n) is 3.29. The van der Waals surface area contributed by atoms with Gasteiger partial charge in [0.05, 0.1) is 28.6 Å². The van der Waals surface area contributed by atoms with Crippen molar-refractivity contribution >= 4 is 42.6 Å². The Hall–Kier alpha value is -2.49. The van der Waals surface area contributed by atoms with Crippen molar-refractivity contribution in [3.8, 4) is 5.75 Å². The highest BCUT2D eigenvalue weighted by Gasteiger charge is 2.27. The second-order valence-electron chi connectivity index (χ2n) is 6.83. The van der Waals surface area contributed by atoms with Crippen LogP contribution in [0.1, 0.15) is 18.4 Å². The number of nitrogens with one attached hydrogen (secondary N) is 1. The lowest BCUT2D eigenvalue weighted by atomic mass is 10.1. The number of methoxy groups -OCH3 is 1. The average molecular weight is 432 g/mol. The summed E-state index contributed by atoms with van der Waals surface area (Å²) in [6.07, 6.45) is 2.01. The molecule has 1 aliphatic rings. The lowest BCUT2D eigenvalue weighted by Gasteiger charge is -2.15. The largest absolute Gasteiger partial charge is 0.497 e. The number of ether oxygens (including phenoxy) is 1. The van der Waals surface area contributed by atoms with Gasteiger partial charge in [0.2, 0.25) is 15.9 Å². The van der Waals surface area contributed by atoms with E-state index in [-0.39, 0.29) is 17.2 Å². The maximum atomic E-state index is 12.7. The van der Waals surface area contributed by atoms with Gasteiger partial charge < -0.3 is 10.1 Å². The number of thiazole rings is 1. The summed E-state index contributed by atoms with van der Waals surface area (Å²) in [5.41, 5.74) is 1.53. The molecule has 0 atom stereocenters. The third-order valence-corrected chi connectivity index (χ3v) is 7.66. The van der Waals surface area contributed by atoms with Gasteiger partial charge in [-0.3, -0.25) is 4.79 Å². The molecule has 152 valence electrons. The molecule has 3 aromatic rings. The quantitative estimate of drug-likeness (QED) is 0.647. The molecular weight excluding hydrogens is 410 g/mol. The van der Waals surface area contributed by atoms with Gasteiger partial charge >= 0.3 is 0 Å². The third-order valence-electron chi connectivity index (χ3n) is 4.83. The maximum Gasteiger partial charge on any atom is 0.243 e. The van der Waals surface area contributed by atoms with E-state index in [1.165, 1.54) is 15.6 Å². The predicted octanol–water partition coefficient (Wildman–Crippen LogP) is 3.27. The van der Waals surface area contributed by atoms with E-state index in [9.17, 15) is 13.2 Å². The Bertz CT molecular complexity index is 1130. The van der Waals surface area contributed by atoms with Crippen LogP contribution in [0.3, 0.4) is 0 Å². The molecule has 0 saturated carbocycles. The van der Waals surface area contributed by atoms with Crippen molar-refractivity contribution in [2.75, 3.05) is 25.5 Å². The highest BCUT2D eigenvalue weighted by atomic mass is 32.2. The fraction of sp³-hybridized carbons (Fsp3) is 0.300. The Balaban J connectivity index is 1.49. The number of benzene rings is 2. The number of nitrogens with zero attached hydrogens (tertiary/aromatic N) is 2. The number of hydrogen-bond acceptors (Lipinski definition) is 6. The number of amides is 1. The van der Waals surface area contributed by atoms with Crippen molar-refractivity contribution in [1.29, 1.82) is 0 Å². The summed E-state index contributed by atoms with van der Waals surface area (Å²) in [6.45, 7) is 1.13. The minimum atomic E-state index is -3.48. The van der Waals surface area contributed by atoms with Crippen LogP contribution in [0, 0.1) is 0 Å². The highest BCUT2D eigenvalue weighted by molar-refractivity contribution is 7.89. The predicted molar refractivity (Wildman–Crippen MR) is 113 cm³/mol. The van der Waals surface area contributed by atoms with Gasteiger partial charge in [-0.2, -0.15) is 4.31 Å². The molecule has 0 spiro atoms. The number of carbonyl (C=O) groups excluding carboxylic acids is 1. The zero-order valence-electron chi connectivity index (χ0n) is 15.9. The lowest BCUT2D eigenvalue weighted by molar-refractivity contribution is -0.115. The smallest absolute Gasteiger partial charge is 0.243 e. The van der Waals surface area contributed by atoms with E-state index in [2.05, 4.69) is 10.3 Å². The van der Waals surface area contributed by atoms with Crippen molar-refractivity contribution in [3.63, 3.8) is 0 Å². The number of sulfonamides is 1. The van der Waals surface area contributed by atoms with Gasteiger partial charge in [-0.25, -0.2) is 13.4 Å². The lowest BCUT2D eigenvalue weighted by Crippen LogP contribution is -2.27. The standard InChI is InChI=1S/C20H21N3O4S2/c1-27-15-6-4-14(5-7-15)12-19(24)22-20-21-17-9-8-16(13-18(17)28-20)29(25,26)23-10-2-3-11-23/h4-9,13H,2-3,10-12H2,1H3,(H,21,22,24). The minimum absolute atomic E-state index is 0.181. The SMILES string of the molecule is COc1ccc(CC(=O)Nc2nc3ccc(S(=O)(=O)N4CCCC4)cc3s2)cc1. The Morgan fingerprint density at radius 1 is 1.17 bits per heavy atom. The first kappa shape index (κ1) is 19.8. The van der Waals surface area contributed by atoms with Gasteiger partial charge in [0.1, 0.15) is 5.75 Å². The van der Waals surface area contributed by atoms with E-state index in [0.29, 0.717) is 23.7 Å². The van der Waals surface area contributed by atoms with Crippen LogP contribution in [-0.2, 0) is 21.2 Å². The summed E-state index contributed by atoms with van der Waals surface area (Å²) in [4.78, 5) is 17.0. The normalized spacial score (nSPS) is 14.9.